The van der Waals surface area contributed by atoms with Crippen molar-refractivity contribution in [3.05, 3.63) is 34.3 Å². The maximum Gasteiger partial charge on any atom is 0.150 e. The van der Waals surface area contributed by atoms with E-state index in [2.05, 4.69) is 15.9 Å². The summed E-state index contributed by atoms with van der Waals surface area (Å²) in [6.45, 7) is 2.36. The van der Waals surface area contributed by atoms with Crippen LogP contribution in [-0.4, -0.2) is 26.5 Å². The van der Waals surface area contributed by atoms with Crippen LogP contribution in [0.5, 0.6) is 0 Å². The Bertz CT molecular complexity index is 456. The first kappa shape index (κ1) is 15.7. The van der Waals surface area contributed by atoms with E-state index in [0.717, 1.165) is 10.0 Å². The van der Waals surface area contributed by atoms with E-state index in [1.807, 2.05) is 31.2 Å². The van der Waals surface area contributed by atoms with Crippen LogP contribution in [0.15, 0.2) is 28.7 Å². The van der Waals surface area contributed by atoms with Crippen LogP contribution in [0.4, 0.5) is 0 Å². The predicted octanol–water partition coefficient (Wildman–Crippen LogP) is 2.71. The van der Waals surface area contributed by atoms with E-state index >= 15 is 0 Å². The van der Waals surface area contributed by atoms with Gasteiger partial charge in [0.05, 0.1) is 5.75 Å². The van der Waals surface area contributed by atoms with Gasteiger partial charge in [0.2, 0.25) is 0 Å². The number of halogens is 1. The van der Waals surface area contributed by atoms with Crippen molar-refractivity contribution in [1.29, 1.82) is 0 Å². The van der Waals surface area contributed by atoms with Gasteiger partial charge in [0, 0.05) is 10.2 Å². The standard InChI is InChI=1S/C13H20BrNO2S/c1-2-8-18(16,17)9-7-12(10-15)11-3-5-13(14)6-4-11/h3-6,12H,2,7-10,15H2,1H3. The molecular weight excluding hydrogens is 314 g/mol. The van der Waals surface area contributed by atoms with Crippen LogP contribution in [0.2, 0.25) is 0 Å². The van der Waals surface area contributed by atoms with E-state index in [4.69, 9.17) is 5.73 Å². The minimum atomic E-state index is -2.92. The van der Waals surface area contributed by atoms with E-state index in [-0.39, 0.29) is 17.4 Å². The lowest BCUT2D eigenvalue weighted by molar-refractivity contribution is 0.583. The highest BCUT2D eigenvalue weighted by Gasteiger charge is 2.15. The zero-order valence-electron chi connectivity index (χ0n) is 10.6. The third kappa shape index (κ3) is 5.08. The van der Waals surface area contributed by atoms with Crippen molar-refractivity contribution in [1.82, 2.24) is 0 Å². The van der Waals surface area contributed by atoms with E-state index in [1.54, 1.807) is 0 Å². The third-order valence-electron chi connectivity index (χ3n) is 2.92. The minimum absolute atomic E-state index is 0.115. The lowest BCUT2D eigenvalue weighted by Gasteiger charge is -2.15. The molecule has 0 aromatic heterocycles. The molecule has 2 N–H and O–H groups in total. The molecule has 1 atom stereocenters. The smallest absolute Gasteiger partial charge is 0.150 e. The number of sulfone groups is 1. The Hall–Kier alpha value is -0.390. The van der Waals surface area contributed by atoms with Crippen molar-refractivity contribution < 1.29 is 8.42 Å². The van der Waals surface area contributed by atoms with Gasteiger partial charge in [-0.25, -0.2) is 8.42 Å². The summed E-state index contributed by atoms with van der Waals surface area (Å²) in [6.07, 6.45) is 1.27. The fourth-order valence-electron chi connectivity index (χ4n) is 1.89. The van der Waals surface area contributed by atoms with Crippen molar-refractivity contribution in [3.63, 3.8) is 0 Å². The van der Waals surface area contributed by atoms with Crippen LogP contribution in [-0.2, 0) is 9.84 Å². The summed E-state index contributed by atoms with van der Waals surface area (Å²) in [5.41, 5.74) is 6.84. The van der Waals surface area contributed by atoms with E-state index in [0.29, 0.717) is 19.4 Å². The first-order valence-electron chi connectivity index (χ1n) is 6.14. The monoisotopic (exact) mass is 333 g/mol. The van der Waals surface area contributed by atoms with Crippen LogP contribution in [0.25, 0.3) is 0 Å². The summed E-state index contributed by atoms with van der Waals surface area (Å²) in [7, 11) is -2.92. The van der Waals surface area contributed by atoms with Crippen LogP contribution >= 0.6 is 15.9 Å². The molecule has 102 valence electrons. The average Bonchev–Trinajstić information content (AvgIpc) is 2.32. The second-order valence-corrected chi connectivity index (χ2v) is 7.64. The lowest BCUT2D eigenvalue weighted by Crippen LogP contribution is -2.18. The van der Waals surface area contributed by atoms with Crippen molar-refractivity contribution in [2.24, 2.45) is 5.73 Å². The second-order valence-electron chi connectivity index (χ2n) is 4.42. The molecule has 0 aliphatic rings. The summed E-state index contributed by atoms with van der Waals surface area (Å²) in [5.74, 6) is 0.605. The topological polar surface area (TPSA) is 60.2 Å². The minimum Gasteiger partial charge on any atom is -0.330 e. The second kappa shape index (κ2) is 7.26. The van der Waals surface area contributed by atoms with Gasteiger partial charge in [-0.05, 0) is 43.0 Å². The zero-order valence-corrected chi connectivity index (χ0v) is 13.0. The highest BCUT2D eigenvalue weighted by Crippen LogP contribution is 2.21. The molecule has 5 heteroatoms. The summed E-state index contributed by atoms with van der Waals surface area (Å²) >= 11 is 3.38. The molecule has 0 saturated heterocycles. The van der Waals surface area contributed by atoms with Crippen molar-refractivity contribution >= 4 is 25.8 Å². The van der Waals surface area contributed by atoms with Gasteiger partial charge >= 0.3 is 0 Å². The van der Waals surface area contributed by atoms with Crippen LogP contribution < -0.4 is 5.73 Å². The van der Waals surface area contributed by atoms with Gasteiger partial charge < -0.3 is 5.73 Å². The molecule has 0 bridgehead atoms. The molecule has 1 unspecified atom stereocenters. The van der Waals surface area contributed by atoms with Crippen LogP contribution in [0, 0.1) is 0 Å². The maximum atomic E-state index is 11.7. The van der Waals surface area contributed by atoms with Crippen LogP contribution in [0.1, 0.15) is 31.2 Å². The number of hydrogen-bond acceptors (Lipinski definition) is 3. The summed E-state index contributed by atoms with van der Waals surface area (Å²) < 4.78 is 24.4. The number of hydrogen-bond donors (Lipinski definition) is 1. The molecule has 0 aliphatic carbocycles. The molecule has 0 heterocycles. The SMILES string of the molecule is CCCS(=O)(=O)CCC(CN)c1ccc(Br)cc1. The Morgan fingerprint density at radius 3 is 2.33 bits per heavy atom. The summed E-state index contributed by atoms with van der Waals surface area (Å²) in [6, 6.07) is 7.90. The maximum absolute atomic E-state index is 11.7. The van der Waals surface area contributed by atoms with E-state index in [1.165, 1.54) is 0 Å². The molecule has 0 spiro atoms. The molecule has 0 saturated carbocycles. The first-order valence-corrected chi connectivity index (χ1v) is 8.76. The molecule has 0 fully saturated rings. The number of nitrogens with two attached hydrogens (primary N) is 1. The average molecular weight is 334 g/mol. The Kier molecular flexibility index (Phi) is 6.32. The fraction of sp³-hybridized carbons (Fsp3) is 0.538. The van der Waals surface area contributed by atoms with Gasteiger partial charge in [0.1, 0.15) is 9.84 Å². The molecule has 0 radical (unpaired) electrons. The Balaban J connectivity index is 2.65. The molecular formula is C13H20BrNO2S. The third-order valence-corrected chi connectivity index (χ3v) is 5.34. The lowest BCUT2D eigenvalue weighted by atomic mass is 9.97. The first-order chi connectivity index (χ1) is 8.48. The molecule has 1 aromatic carbocycles. The molecule has 0 aliphatic heterocycles. The van der Waals surface area contributed by atoms with E-state index in [9.17, 15) is 8.42 Å². The fourth-order valence-corrected chi connectivity index (χ4v) is 3.62. The van der Waals surface area contributed by atoms with Crippen molar-refractivity contribution in [2.45, 2.75) is 25.7 Å². The van der Waals surface area contributed by atoms with Crippen molar-refractivity contribution in [3.8, 4) is 0 Å². The van der Waals surface area contributed by atoms with Gasteiger partial charge in [0.15, 0.2) is 0 Å². The molecule has 3 nitrogen and oxygen atoms in total. The van der Waals surface area contributed by atoms with Gasteiger partial charge in [-0.3, -0.25) is 0 Å². The summed E-state index contributed by atoms with van der Waals surface area (Å²) in [5, 5.41) is 0. The van der Waals surface area contributed by atoms with E-state index < -0.39 is 9.84 Å². The molecule has 18 heavy (non-hydrogen) atoms. The molecule has 0 amide bonds. The summed E-state index contributed by atoms with van der Waals surface area (Å²) in [4.78, 5) is 0. The molecule has 1 rings (SSSR count). The number of rotatable bonds is 7. The van der Waals surface area contributed by atoms with Crippen molar-refractivity contribution in [2.75, 3.05) is 18.1 Å². The van der Waals surface area contributed by atoms with Gasteiger partial charge in [-0.1, -0.05) is 35.0 Å². The highest BCUT2D eigenvalue weighted by atomic mass is 79.9. The largest absolute Gasteiger partial charge is 0.330 e. The van der Waals surface area contributed by atoms with Gasteiger partial charge in [-0.2, -0.15) is 0 Å². The molecule has 1 aromatic rings. The van der Waals surface area contributed by atoms with Gasteiger partial charge in [0.25, 0.3) is 0 Å². The predicted molar refractivity (Wildman–Crippen MR) is 79.5 cm³/mol. The zero-order chi connectivity index (χ0) is 13.6. The normalized spacial score (nSPS) is 13.5. The Labute approximate surface area is 118 Å². The Morgan fingerprint density at radius 2 is 1.83 bits per heavy atom. The number of benzene rings is 1. The Morgan fingerprint density at radius 1 is 1.22 bits per heavy atom. The quantitative estimate of drug-likeness (QED) is 0.834. The van der Waals surface area contributed by atoms with Crippen LogP contribution in [0.3, 0.4) is 0 Å². The van der Waals surface area contributed by atoms with Gasteiger partial charge in [-0.15, -0.1) is 0 Å². The highest BCUT2D eigenvalue weighted by molar-refractivity contribution is 9.10.